The minimum absolute atomic E-state index is 0. The van der Waals surface area contributed by atoms with Gasteiger partial charge in [-0.05, 0) is 47.5 Å². The molecule has 0 amide bonds. The molecule has 4 nitrogen and oxygen atoms in total. The van der Waals surface area contributed by atoms with Gasteiger partial charge in [0.05, 0.1) is 11.4 Å². The predicted molar refractivity (Wildman–Crippen MR) is 140 cm³/mol. The fourth-order valence-electron chi connectivity index (χ4n) is 3.79. The molecule has 0 spiro atoms. The summed E-state index contributed by atoms with van der Waals surface area (Å²) in [7, 11) is 0. The number of carbonyl (C=O) groups is 2. The van der Waals surface area contributed by atoms with E-state index in [4.69, 9.17) is 25.3 Å². The van der Waals surface area contributed by atoms with E-state index < -0.39 is 0 Å². The van der Waals surface area contributed by atoms with Crippen molar-refractivity contribution in [1.82, 2.24) is 0 Å². The molecule has 0 fully saturated rings. The minimum atomic E-state index is -0.232. The van der Waals surface area contributed by atoms with Gasteiger partial charge < -0.3 is 25.3 Å². The molecule has 0 saturated heterocycles. The van der Waals surface area contributed by atoms with Crippen molar-refractivity contribution in [2.75, 3.05) is 0 Å². The molecule has 4 aromatic rings. The van der Waals surface area contributed by atoms with E-state index in [1.807, 2.05) is 60.7 Å². The first-order valence-electron chi connectivity index (χ1n) is 10.5. The number of rotatable bonds is 4. The van der Waals surface area contributed by atoms with Crippen LogP contribution in [0.4, 0.5) is 11.4 Å². The first-order chi connectivity index (χ1) is 16.5. The van der Waals surface area contributed by atoms with Gasteiger partial charge >= 0.3 is 59.1 Å². The molecule has 0 heterocycles. The zero-order valence-corrected chi connectivity index (χ0v) is 25.4. The molecule has 164 valence electrons. The normalized spacial score (nSPS) is 12.7. The Morgan fingerprint density at radius 1 is 0.500 bits per heavy atom. The molecule has 8 heteroatoms. The topological polar surface area (TPSA) is 58.9 Å². The third-order valence-electron chi connectivity index (χ3n) is 5.49. The maximum atomic E-state index is 13.2. The number of aliphatic imine (C=N–C) groups is 2. The summed E-state index contributed by atoms with van der Waals surface area (Å²) in [5, 5.41) is 0.826. The van der Waals surface area contributed by atoms with Gasteiger partial charge in [0.2, 0.25) is 0 Å². The number of hydrogen-bond donors (Lipinski definition) is 0. The van der Waals surface area contributed by atoms with Crippen molar-refractivity contribution >= 4 is 58.3 Å². The van der Waals surface area contributed by atoms with Crippen LogP contribution >= 0.6 is 0 Å². The van der Waals surface area contributed by atoms with Gasteiger partial charge in [0.25, 0.3) is 0 Å². The molecule has 4 aromatic carbocycles. The van der Waals surface area contributed by atoms with Crippen molar-refractivity contribution in [2.45, 2.75) is 0 Å². The quantitative estimate of drug-likeness (QED) is 0.141. The largest absolute Gasteiger partial charge is 1.00 e. The molecular formula is C28H16N2Na2O2S2. The van der Waals surface area contributed by atoms with Crippen LogP contribution in [0.5, 0.6) is 0 Å². The predicted octanol–water partition coefficient (Wildman–Crippen LogP) is -0.280. The summed E-state index contributed by atoms with van der Waals surface area (Å²) < 4.78 is 0. The average molecular weight is 523 g/mol. The Kier molecular flexibility index (Phi) is 9.92. The number of benzene rings is 4. The second kappa shape index (κ2) is 12.5. The molecule has 0 aromatic heterocycles. The summed E-state index contributed by atoms with van der Waals surface area (Å²) in [4.78, 5) is 35.4. The third kappa shape index (κ3) is 5.93. The van der Waals surface area contributed by atoms with Crippen LogP contribution in [0.2, 0.25) is 0 Å². The van der Waals surface area contributed by atoms with E-state index in [2.05, 4.69) is 9.98 Å². The zero-order chi connectivity index (χ0) is 23.7. The molecule has 1 aliphatic rings. The van der Waals surface area contributed by atoms with Crippen LogP contribution in [0.3, 0.4) is 0 Å². The van der Waals surface area contributed by atoms with Crippen molar-refractivity contribution in [2.24, 2.45) is 9.98 Å². The summed E-state index contributed by atoms with van der Waals surface area (Å²) in [6.45, 7) is 0. The van der Waals surface area contributed by atoms with Crippen molar-refractivity contribution in [3.63, 3.8) is 0 Å². The van der Waals surface area contributed by atoms with Gasteiger partial charge in [-0.3, -0.25) is 19.6 Å². The van der Waals surface area contributed by atoms with Gasteiger partial charge in [-0.1, -0.05) is 70.8 Å². The van der Waals surface area contributed by atoms with Crippen LogP contribution in [0.25, 0.3) is 0 Å². The van der Waals surface area contributed by atoms with Crippen molar-refractivity contribution in [1.29, 1.82) is 0 Å². The maximum absolute atomic E-state index is 13.2. The van der Waals surface area contributed by atoms with Crippen molar-refractivity contribution in [3.05, 3.63) is 130 Å². The SMILES string of the molecule is O=C1c2ccc(N=C([S-])c3ccccc3)cc2C(=O)c2ccc(N=C([S-])c3ccccc3)cc21.[Na+].[Na+]. The van der Waals surface area contributed by atoms with Crippen LogP contribution in [0.15, 0.2) is 107 Å². The molecule has 1 aliphatic carbocycles. The van der Waals surface area contributed by atoms with Crippen LogP contribution in [0.1, 0.15) is 43.0 Å². The monoisotopic (exact) mass is 522 g/mol. The molecule has 0 unspecified atom stereocenters. The van der Waals surface area contributed by atoms with E-state index in [0.29, 0.717) is 43.7 Å². The number of nitrogens with zero attached hydrogens (tertiary/aromatic N) is 2. The van der Waals surface area contributed by atoms with Crippen LogP contribution in [-0.2, 0) is 25.3 Å². The first-order valence-corrected chi connectivity index (χ1v) is 11.3. The first kappa shape index (κ1) is 28.6. The Morgan fingerprint density at radius 3 is 1.22 bits per heavy atom. The van der Waals surface area contributed by atoms with Crippen molar-refractivity contribution < 1.29 is 68.7 Å². The molecule has 36 heavy (non-hydrogen) atoms. The number of hydrogen-bond acceptors (Lipinski definition) is 6. The maximum Gasteiger partial charge on any atom is 1.00 e. The second-order valence-corrected chi connectivity index (χ2v) is 8.46. The van der Waals surface area contributed by atoms with Crippen molar-refractivity contribution in [3.8, 4) is 0 Å². The Hall–Kier alpha value is -2.00. The molecule has 0 saturated carbocycles. The summed E-state index contributed by atoms with van der Waals surface area (Å²) in [6, 6.07) is 28.7. The van der Waals surface area contributed by atoms with Gasteiger partial charge in [0, 0.05) is 22.3 Å². The molecule has 5 rings (SSSR count). The zero-order valence-electron chi connectivity index (χ0n) is 19.8. The van der Waals surface area contributed by atoms with Gasteiger partial charge in [-0.25, -0.2) is 0 Å². The van der Waals surface area contributed by atoms with E-state index in [-0.39, 0.29) is 70.7 Å². The number of fused-ring (bicyclic) bond motifs is 2. The summed E-state index contributed by atoms with van der Waals surface area (Å²) in [5.74, 6) is -0.464. The van der Waals surface area contributed by atoms with Gasteiger partial charge in [-0.2, -0.15) is 0 Å². The van der Waals surface area contributed by atoms with E-state index >= 15 is 0 Å². The fourth-order valence-corrected chi connectivity index (χ4v) is 4.27. The van der Waals surface area contributed by atoms with Crippen LogP contribution < -0.4 is 59.1 Å². The standard InChI is InChI=1S/C28H18N2O2S2.2Na/c31-25-22-14-12-20(30-28(34)18-9-5-2-6-10-18)16-24(22)26(32)21-13-11-19(15-23(21)25)29-27(33)17-7-3-1-4-8-17;;/h1-16H,(H,29,33)(H,30,34);;/q;2*+1/p-2. The second-order valence-electron chi connectivity index (χ2n) is 7.68. The third-order valence-corrected chi connectivity index (χ3v) is 6.14. The van der Waals surface area contributed by atoms with Gasteiger partial charge in [0.15, 0.2) is 11.6 Å². The average Bonchev–Trinajstić information content (AvgIpc) is 2.88. The molecule has 0 radical (unpaired) electrons. The molecule has 0 atom stereocenters. The Balaban J connectivity index is 0.00000180. The Morgan fingerprint density at radius 2 is 0.861 bits per heavy atom. The van der Waals surface area contributed by atoms with E-state index in [0.717, 1.165) is 11.1 Å². The molecular weight excluding hydrogens is 506 g/mol. The van der Waals surface area contributed by atoms with E-state index in [1.54, 1.807) is 36.4 Å². The summed E-state index contributed by atoms with van der Waals surface area (Å²) in [5.41, 5.74) is 3.99. The minimum Gasteiger partial charge on any atom is -0.760 e. The fraction of sp³-hybridized carbons (Fsp3) is 0. The van der Waals surface area contributed by atoms with Gasteiger partial charge in [-0.15, -0.1) is 0 Å². The van der Waals surface area contributed by atoms with E-state index in [9.17, 15) is 9.59 Å². The molecule has 0 aliphatic heterocycles. The Bertz CT molecular complexity index is 1390. The summed E-state index contributed by atoms with van der Waals surface area (Å²) in [6.07, 6.45) is 0. The smallest absolute Gasteiger partial charge is 0.760 e. The van der Waals surface area contributed by atoms with Gasteiger partial charge in [0.1, 0.15) is 0 Å². The molecule has 0 N–H and O–H groups in total. The van der Waals surface area contributed by atoms with Crippen LogP contribution in [0, 0.1) is 0 Å². The van der Waals surface area contributed by atoms with Crippen LogP contribution in [-0.4, -0.2) is 21.7 Å². The number of ketones is 2. The Labute approximate surface area is 264 Å². The molecule has 0 bridgehead atoms. The summed E-state index contributed by atoms with van der Waals surface area (Å²) >= 11 is 10.8. The van der Waals surface area contributed by atoms with E-state index in [1.165, 1.54) is 0 Å². The number of carbonyl (C=O) groups excluding carboxylic acids is 2.